The summed E-state index contributed by atoms with van der Waals surface area (Å²) in [7, 11) is 0. The topological polar surface area (TPSA) is 65.5 Å². The third-order valence-electron chi connectivity index (χ3n) is 5.21. The fourth-order valence-corrected chi connectivity index (χ4v) is 4.01. The van der Waals surface area contributed by atoms with E-state index in [1.54, 1.807) is 0 Å². The lowest BCUT2D eigenvalue weighted by Gasteiger charge is -2.36. The normalized spacial score (nSPS) is 23.3. The smallest absolute Gasteiger partial charge is 0.222 e. The molecule has 0 unspecified atom stereocenters. The van der Waals surface area contributed by atoms with Crippen LogP contribution in [-0.2, 0) is 16.1 Å². The largest absolute Gasteiger partial charge is 0.356 e. The summed E-state index contributed by atoms with van der Waals surface area (Å²) >= 11 is 0. The first-order valence-electron chi connectivity index (χ1n) is 9.27. The zero-order valence-corrected chi connectivity index (χ0v) is 15.0. The van der Waals surface area contributed by atoms with Crippen molar-refractivity contribution in [3.05, 3.63) is 30.1 Å². The van der Waals surface area contributed by atoms with Crippen LogP contribution < -0.4 is 5.32 Å². The Kier molecular flexibility index (Phi) is 6.02. The highest BCUT2D eigenvalue weighted by atomic mass is 16.2. The van der Waals surface area contributed by atoms with Gasteiger partial charge in [0.2, 0.25) is 11.8 Å². The third-order valence-corrected chi connectivity index (χ3v) is 5.21. The predicted octanol–water partition coefficient (Wildman–Crippen LogP) is 1.42. The number of nitrogens with one attached hydrogen (secondary N) is 1. The van der Waals surface area contributed by atoms with Crippen molar-refractivity contribution in [1.29, 1.82) is 0 Å². The summed E-state index contributed by atoms with van der Waals surface area (Å²) in [4.78, 5) is 32.2. The van der Waals surface area contributed by atoms with Crippen molar-refractivity contribution >= 4 is 11.8 Å². The Balaban J connectivity index is 1.54. The van der Waals surface area contributed by atoms with Gasteiger partial charge in [0, 0.05) is 64.5 Å². The van der Waals surface area contributed by atoms with Crippen molar-refractivity contribution in [3.63, 3.8) is 0 Å². The molecule has 4 rings (SSSR count). The molecule has 0 radical (unpaired) electrons. The molecule has 1 N–H and O–H groups in total. The lowest BCUT2D eigenvalue weighted by molar-refractivity contribution is -0.135. The van der Waals surface area contributed by atoms with Crippen molar-refractivity contribution in [2.45, 2.75) is 45.2 Å². The minimum atomic E-state index is -0.0342. The number of hydrogen-bond donors (Lipinski definition) is 1. The fourth-order valence-electron chi connectivity index (χ4n) is 4.01. The number of pyridine rings is 1. The van der Waals surface area contributed by atoms with Gasteiger partial charge in [-0.25, -0.2) is 0 Å². The van der Waals surface area contributed by atoms with Gasteiger partial charge in [0.05, 0.1) is 0 Å². The van der Waals surface area contributed by atoms with Gasteiger partial charge in [-0.3, -0.25) is 19.5 Å². The molecule has 25 heavy (non-hydrogen) atoms. The third kappa shape index (κ3) is 5.01. The predicted molar refractivity (Wildman–Crippen MR) is 95.7 cm³/mol. The molecule has 0 saturated carbocycles. The second-order valence-corrected chi connectivity index (χ2v) is 7.28. The number of carbonyl (C=O) groups excluding carboxylic acids is 2. The van der Waals surface area contributed by atoms with E-state index >= 15 is 0 Å². The van der Waals surface area contributed by atoms with E-state index in [2.05, 4.69) is 32.2 Å². The quantitative estimate of drug-likeness (QED) is 0.793. The summed E-state index contributed by atoms with van der Waals surface area (Å²) in [5, 5.41) is 2.76. The number of hydrogen-bond acceptors (Lipinski definition) is 4. The van der Waals surface area contributed by atoms with Crippen molar-refractivity contribution in [2.24, 2.45) is 5.92 Å². The van der Waals surface area contributed by atoms with Crippen LogP contribution in [0.5, 0.6) is 0 Å². The molecule has 2 amide bonds. The number of rotatable bonds is 6. The minimum Gasteiger partial charge on any atom is -0.356 e. The van der Waals surface area contributed by atoms with E-state index in [9.17, 15) is 9.59 Å². The molecule has 6 nitrogen and oxygen atoms in total. The number of nitrogens with zero attached hydrogens (tertiary/aromatic N) is 3. The molecule has 0 aromatic carbocycles. The molecule has 2 atom stereocenters. The summed E-state index contributed by atoms with van der Waals surface area (Å²) in [5.41, 5.74) is 1.28. The molecule has 3 saturated heterocycles. The zero-order chi connectivity index (χ0) is 17.6. The second kappa shape index (κ2) is 8.43. The number of piperidine rings is 1. The Labute approximate surface area is 149 Å². The van der Waals surface area contributed by atoms with Crippen LogP contribution >= 0.6 is 0 Å². The van der Waals surface area contributed by atoms with Crippen LogP contribution in [-0.4, -0.2) is 58.8 Å². The van der Waals surface area contributed by atoms with Crippen molar-refractivity contribution in [2.75, 3.05) is 26.2 Å². The molecule has 0 spiro atoms. The van der Waals surface area contributed by atoms with Crippen LogP contribution in [0.2, 0.25) is 0 Å². The number of fused-ring (bicyclic) bond motifs is 4. The van der Waals surface area contributed by atoms with Crippen LogP contribution in [0.4, 0.5) is 0 Å². The molecule has 1 aromatic heterocycles. The van der Waals surface area contributed by atoms with Gasteiger partial charge in [0.15, 0.2) is 0 Å². The summed E-state index contributed by atoms with van der Waals surface area (Å²) in [5.74, 6) is 0.777. The first-order valence-corrected chi connectivity index (χ1v) is 9.27. The molecule has 6 heteroatoms. The fraction of sp³-hybridized carbons (Fsp3) is 0.632. The van der Waals surface area contributed by atoms with E-state index in [0.29, 0.717) is 31.3 Å². The maximum Gasteiger partial charge on any atom is 0.222 e. The maximum absolute atomic E-state index is 12.6. The summed E-state index contributed by atoms with van der Waals surface area (Å²) < 4.78 is 0. The molecule has 1 aromatic rings. The first kappa shape index (κ1) is 17.9. The molecule has 3 aliphatic heterocycles. The van der Waals surface area contributed by atoms with Gasteiger partial charge >= 0.3 is 0 Å². The molecular formula is C19H28N4O2. The zero-order valence-electron chi connectivity index (χ0n) is 15.0. The number of aromatic nitrogens is 1. The van der Waals surface area contributed by atoms with Gasteiger partial charge in [0.1, 0.15) is 0 Å². The van der Waals surface area contributed by atoms with Crippen LogP contribution in [0.25, 0.3) is 0 Å². The van der Waals surface area contributed by atoms with Crippen LogP contribution in [0.15, 0.2) is 24.5 Å². The molecule has 3 fully saturated rings. The highest BCUT2D eigenvalue weighted by molar-refractivity contribution is 5.77. The van der Waals surface area contributed by atoms with Gasteiger partial charge in [-0.1, -0.05) is 0 Å². The monoisotopic (exact) mass is 344 g/mol. The Morgan fingerprint density at radius 1 is 1.20 bits per heavy atom. The number of amides is 2. The van der Waals surface area contributed by atoms with E-state index < -0.39 is 0 Å². The van der Waals surface area contributed by atoms with E-state index in [-0.39, 0.29) is 11.8 Å². The van der Waals surface area contributed by atoms with Crippen LogP contribution in [0.3, 0.4) is 0 Å². The highest BCUT2D eigenvalue weighted by Crippen LogP contribution is 2.29. The Hall–Kier alpha value is -1.95. The highest BCUT2D eigenvalue weighted by Gasteiger charge is 2.36. The second-order valence-electron chi connectivity index (χ2n) is 7.28. The van der Waals surface area contributed by atoms with Gasteiger partial charge < -0.3 is 10.2 Å². The first-order chi connectivity index (χ1) is 12.1. The molecule has 0 aliphatic carbocycles. The van der Waals surface area contributed by atoms with Gasteiger partial charge in [-0.05, 0) is 42.9 Å². The molecular weight excluding hydrogens is 316 g/mol. The molecule has 3 aliphatic rings. The average molecular weight is 344 g/mol. The van der Waals surface area contributed by atoms with E-state index in [1.807, 2.05) is 12.4 Å². The average Bonchev–Trinajstić information content (AvgIpc) is 2.89. The van der Waals surface area contributed by atoms with Crippen molar-refractivity contribution in [3.8, 4) is 0 Å². The lowest BCUT2D eigenvalue weighted by Crippen LogP contribution is -2.47. The Morgan fingerprint density at radius 3 is 2.76 bits per heavy atom. The van der Waals surface area contributed by atoms with E-state index in [4.69, 9.17) is 0 Å². The summed E-state index contributed by atoms with van der Waals surface area (Å²) in [6.07, 6.45) is 7.24. The van der Waals surface area contributed by atoms with Gasteiger partial charge in [-0.15, -0.1) is 0 Å². The number of carbonyl (C=O) groups is 2. The van der Waals surface area contributed by atoms with Crippen molar-refractivity contribution in [1.82, 2.24) is 20.1 Å². The minimum absolute atomic E-state index is 0.0342. The summed E-state index contributed by atoms with van der Waals surface area (Å²) in [6, 6.07) is 4.46. The summed E-state index contributed by atoms with van der Waals surface area (Å²) in [6.45, 7) is 5.92. The van der Waals surface area contributed by atoms with Crippen LogP contribution in [0, 0.1) is 5.92 Å². The van der Waals surface area contributed by atoms with Crippen LogP contribution in [0.1, 0.15) is 38.2 Å². The van der Waals surface area contributed by atoms with Crippen molar-refractivity contribution < 1.29 is 9.59 Å². The molecule has 4 heterocycles. The van der Waals surface area contributed by atoms with E-state index in [1.165, 1.54) is 18.9 Å². The standard InChI is InChI=1S/C19H28N4O2/c1-15(24)21-8-2-3-19(25)23-13-17-4-5-18(23)14-22(12-17)11-16-6-9-20-10-7-16/h6-7,9-10,17-18H,2-5,8,11-14H2,1H3,(H,21,24)/t17-,18+/m0/s1. The molecule has 2 bridgehead atoms. The van der Waals surface area contributed by atoms with Gasteiger partial charge in [0.25, 0.3) is 0 Å². The Bertz CT molecular complexity index is 592. The SMILES string of the molecule is CC(=O)NCCCC(=O)N1C[C@H]2CC[C@@H]1CN(Cc1ccncc1)C2. The van der Waals surface area contributed by atoms with E-state index in [0.717, 1.165) is 32.6 Å². The lowest BCUT2D eigenvalue weighted by atomic mass is 9.94. The Morgan fingerprint density at radius 2 is 2.00 bits per heavy atom. The van der Waals surface area contributed by atoms with Gasteiger partial charge in [-0.2, -0.15) is 0 Å². The molecule has 136 valence electrons. The maximum atomic E-state index is 12.6.